The average molecular weight is 556 g/mol. The van der Waals surface area contributed by atoms with Crippen LogP contribution < -0.4 is 9.62 Å². The molecule has 0 radical (unpaired) electrons. The maximum absolute atomic E-state index is 13.5. The van der Waals surface area contributed by atoms with Crippen molar-refractivity contribution in [3.63, 3.8) is 0 Å². The van der Waals surface area contributed by atoms with Crippen LogP contribution in [0.1, 0.15) is 32.8 Å². The lowest BCUT2D eigenvalue weighted by Crippen LogP contribution is -2.52. The van der Waals surface area contributed by atoms with E-state index in [1.165, 1.54) is 29.2 Å². The van der Waals surface area contributed by atoms with E-state index in [1.807, 2.05) is 13.8 Å². The van der Waals surface area contributed by atoms with Gasteiger partial charge in [0.05, 0.1) is 11.9 Å². The molecule has 0 fully saturated rings. The topological polar surface area (TPSA) is 86.8 Å². The lowest BCUT2D eigenvalue weighted by molar-refractivity contribution is -0.140. The Bertz CT molecular complexity index is 1090. The van der Waals surface area contributed by atoms with Crippen LogP contribution in [-0.4, -0.2) is 50.5 Å². The second kappa shape index (κ2) is 12.3. The Kier molecular flexibility index (Phi) is 10.1. The molecule has 0 heterocycles. The normalized spacial score (nSPS) is 12.3. The van der Waals surface area contributed by atoms with Gasteiger partial charge in [0.1, 0.15) is 18.4 Å². The molecule has 10 heteroatoms. The van der Waals surface area contributed by atoms with Crippen LogP contribution in [0.15, 0.2) is 53.0 Å². The molecule has 2 aromatic rings. The summed E-state index contributed by atoms with van der Waals surface area (Å²) in [5.41, 5.74) is 0.947. The Hall–Kier alpha value is -2.46. The molecule has 0 aromatic heterocycles. The highest BCUT2D eigenvalue weighted by Gasteiger charge is 2.31. The average Bonchev–Trinajstić information content (AvgIpc) is 2.76. The minimum atomic E-state index is -3.80. The zero-order valence-corrected chi connectivity index (χ0v) is 22.2. The molecule has 2 aromatic carbocycles. The summed E-state index contributed by atoms with van der Waals surface area (Å²) in [6, 6.07) is 11.4. The van der Waals surface area contributed by atoms with Gasteiger partial charge in [-0.15, -0.1) is 0 Å². The molecule has 0 bridgehead atoms. The van der Waals surface area contributed by atoms with E-state index in [0.29, 0.717) is 28.7 Å². The molecule has 0 saturated carbocycles. The molecule has 2 rings (SSSR count). The van der Waals surface area contributed by atoms with Crippen molar-refractivity contribution in [2.75, 3.05) is 23.7 Å². The number of amides is 2. The molecular formula is C24H31BrFN3O4S. The zero-order valence-electron chi connectivity index (χ0n) is 19.8. The van der Waals surface area contributed by atoms with Crippen LogP contribution in [0.5, 0.6) is 0 Å². The van der Waals surface area contributed by atoms with Crippen molar-refractivity contribution >= 4 is 43.5 Å². The van der Waals surface area contributed by atoms with Crippen LogP contribution in [0, 0.1) is 11.7 Å². The van der Waals surface area contributed by atoms with Gasteiger partial charge < -0.3 is 10.2 Å². The molecule has 0 aliphatic heterocycles. The number of anilines is 1. The summed E-state index contributed by atoms with van der Waals surface area (Å²) in [5, 5.41) is 2.86. The predicted molar refractivity (Wildman–Crippen MR) is 135 cm³/mol. The maximum atomic E-state index is 13.5. The SMILES string of the molecule is CCC(C(=O)NCC(C)C)N(Cc1ccc(F)cc1)C(=O)CN(c1cccc(Br)c1)S(C)(=O)=O. The van der Waals surface area contributed by atoms with E-state index in [1.54, 1.807) is 31.2 Å². The molecular weight excluding hydrogens is 525 g/mol. The molecule has 1 N–H and O–H groups in total. The van der Waals surface area contributed by atoms with Crippen LogP contribution in [-0.2, 0) is 26.2 Å². The monoisotopic (exact) mass is 555 g/mol. The lowest BCUT2D eigenvalue weighted by atomic mass is 10.1. The Labute approximate surface area is 209 Å². The van der Waals surface area contributed by atoms with Gasteiger partial charge in [-0.1, -0.05) is 54.9 Å². The molecule has 0 spiro atoms. The van der Waals surface area contributed by atoms with Gasteiger partial charge in [0.25, 0.3) is 0 Å². The van der Waals surface area contributed by atoms with Crippen molar-refractivity contribution in [1.29, 1.82) is 0 Å². The molecule has 1 atom stereocenters. The third kappa shape index (κ3) is 8.09. The van der Waals surface area contributed by atoms with E-state index in [0.717, 1.165) is 10.6 Å². The summed E-state index contributed by atoms with van der Waals surface area (Å²) < 4.78 is 40.2. The van der Waals surface area contributed by atoms with Gasteiger partial charge in [-0.05, 0) is 48.2 Å². The van der Waals surface area contributed by atoms with E-state index in [2.05, 4.69) is 21.2 Å². The van der Waals surface area contributed by atoms with Crippen molar-refractivity contribution in [3.8, 4) is 0 Å². The van der Waals surface area contributed by atoms with Gasteiger partial charge in [0, 0.05) is 17.6 Å². The van der Waals surface area contributed by atoms with E-state index in [9.17, 15) is 22.4 Å². The summed E-state index contributed by atoms with van der Waals surface area (Å²) >= 11 is 3.32. The predicted octanol–water partition coefficient (Wildman–Crippen LogP) is 3.93. The summed E-state index contributed by atoms with van der Waals surface area (Å²) in [4.78, 5) is 27.9. The second-order valence-electron chi connectivity index (χ2n) is 8.46. The van der Waals surface area contributed by atoms with Crippen molar-refractivity contribution in [3.05, 3.63) is 64.4 Å². The van der Waals surface area contributed by atoms with Crippen LogP contribution >= 0.6 is 15.9 Å². The number of halogens is 2. The van der Waals surface area contributed by atoms with Crippen LogP contribution in [0.25, 0.3) is 0 Å². The largest absolute Gasteiger partial charge is 0.354 e. The fourth-order valence-electron chi connectivity index (χ4n) is 3.37. The third-order valence-electron chi connectivity index (χ3n) is 5.11. The summed E-state index contributed by atoms with van der Waals surface area (Å²) in [6.45, 7) is 5.71. The molecule has 34 heavy (non-hydrogen) atoms. The molecule has 7 nitrogen and oxygen atoms in total. The Morgan fingerprint density at radius 3 is 2.29 bits per heavy atom. The number of nitrogens with zero attached hydrogens (tertiary/aromatic N) is 2. The van der Waals surface area contributed by atoms with Crippen molar-refractivity contribution in [1.82, 2.24) is 10.2 Å². The molecule has 0 saturated heterocycles. The van der Waals surface area contributed by atoms with E-state index >= 15 is 0 Å². The number of rotatable bonds is 11. The first-order valence-corrected chi connectivity index (χ1v) is 13.6. The number of hydrogen-bond acceptors (Lipinski definition) is 4. The van der Waals surface area contributed by atoms with Crippen molar-refractivity contribution in [2.45, 2.75) is 39.8 Å². The fraction of sp³-hybridized carbons (Fsp3) is 0.417. The highest BCUT2D eigenvalue weighted by atomic mass is 79.9. The molecule has 0 aliphatic rings. The minimum absolute atomic E-state index is 0.0306. The highest BCUT2D eigenvalue weighted by molar-refractivity contribution is 9.10. The van der Waals surface area contributed by atoms with Gasteiger partial charge >= 0.3 is 0 Å². The van der Waals surface area contributed by atoms with Gasteiger partial charge in [-0.25, -0.2) is 12.8 Å². The summed E-state index contributed by atoms with van der Waals surface area (Å²) in [5.74, 6) is -1.05. The van der Waals surface area contributed by atoms with E-state index in [4.69, 9.17) is 0 Å². The lowest BCUT2D eigenvalue weighted by Gasteiger charge is -2.33. The van der Waals surface area contributed by atoms with Crippen LogP contribution in [0.4, 0.5) is 10.1 Å². The minimum Gasteiger partial charge on any atom is -0.354 e. The van der Waals surface area contributed by atoms with E-state index < -0.39 is 34.3 Å². The van der Waals surface area contributed by atoms with Crippen LogP contribution in [0.3, 0.4) is 0 Å². The quantitative estimate of drug-likeness (QED) is 0.455. The summed E-state index contributed by atoms with van der Waals surface area (Å²) in [6.07, 6.45) is 1.35. The maximum Gasteiger partial charge on any atom is 0.244 e. The fourth-order valence-corrected chi connectivity index (χ4v) is 4.60. The Balaban J connectivity index is 2.41. The number of carbonyl (C=O) groups is 2. The molecule has 0 aliphatic carbocycles. The van der Waals surface area contributed by atoms with Crippen LogP contribution in [0.2, 0.25) is 0 Å². The van der Waals surface area contributed by atoms with Gasteiger partial charge in [0.15, 0.2) is 0 Å². The van der Waals surface area contributed by atoms with Crippen molar-refractivity contribution in [2.24, 2.45) is 5.92 Å². The Morgan fingerprint density at radius 1 is 1.12 bits per heavy atom. The van der Waals surface area contributed by atoms with Crippen molar-refractivity contribution < 1.29 is 22.4 Å². The standard InChI is InChI=1S/C24H31BrFN3O4S/c1-5-22(24(31)27-14-17(2)3)28(15-18-9-11-20(26)12-10-18)23(30)16-29(34(4,32)33)21-8-6-7-19(25)13-21/h6-13,17,22H,5,14-16H2,1-4H3,(H,27,31). The van der Waals surface area contributed by atoms with E-state index in [-0.39, 0.29) is 18.4 Å². The second-order valence-corrected chi connectivity index (χ2v) is 11.3. The zero-order chi connectivity index (χ0) is 25.5. The Morgan fingerprint density at radius 2 is 1.76 bits per heavy atom. The highest BCUT2D eigenvalue weighted by Crippen LogP contribution is 2.23. The smallest absolute Gasteiger partial charge is 0.244 e. The first kappa shape index (κ1) is 27.8. The molecule has 186 valence electrons. The number of nitrogens with one attached hydrogen (secondary N) is 1. The number of hydrogen-bond donors (Lipinski definition) is 1. The van der Waals surface area contributed by atoms with Gasteiger partial charge in [-0.2, -0.15) is 0 Å². The number of benzene rings is 2. The first-order chi connectivity index (χ1) is 15.9. The first-order valence-electron chi connectivity index (χ1n) is 11.0. The van der Waals surface area contributed by atoms with Gasteiger partial charge in [0.2, 0.25) is 21.8 Å². The number of sulfonamides is 1. The molecule has 2 amide bonds. The molecule has 1 unspecified atom stereocenters. The number of carbonyl (C=O) groups excluding carboxylic acids is 2. The van der Waals surface area contributed by atoms with Gasteiger partial charge in [-0.3, -0.25) is 13.9 Å². The summed E-state index contributed by atoms with van der Waals surface area (Å²) in [7, 11) is -3.80. The third-order valence-corrected chi connectivity index (χ3v) is 6.75.